The van der Waals surface area contributed by atoms with Crippen LogP contribution < -0.4 is 14.4 Å². The molecule has 1 aromatic heterocycles. The average molecular weight is 551 g/mol. The Morgan fingerprint density at radius 2 is 1.05 bits per heavy atom. The van der Waals surface area contributed by atoms with Crippen molar-refractivity contribution in [3.8, 4) is 45.1 Å². The second-order valence-corrected chi connectivity index (χ2v) is 10.9. The molecule has 0 spiro atoms. The van der Waals surface area contributed by atoms with Gasteiger partial charge >= 0.3 is 0 Å². The molecule has 0 aliphatic carbocycles. The van der Waals surface area contributed by atoms with Crippen LogP contribution >= 0.6 is 0 Å². The molecule has 4 rings (SSSR count). The molecular formula is C37H46N2O2. The van der Waals surface area contributed by atoms with Crippen molar-refractivity contribution in [3.05, 3.63) is 84.9 Å². The summed E-state index contributed by atoms with van der Waals surface area (Å²) in [5.41, 5.74) is 7.25. The second kappa shape index (κ2) is 15.9. The molecule has 0 aliphatic rings. The Hall–Kier alpha value is -3.79. The van der Waals surface area contributed by atoms with Gasteiger partial charge in [-0.25, -0.2) is 4.98 Å². The predicted molar refractivity (Wildman–Crippen MR) is 174 cm³/mol. The smallest absolute Gasteiger partial charge is 0.128 e. The van der Waals surface area contributed by atoms with Crippen molar-refractivity contribution in [2.24, 2.45) is 0 Å². The molecule has 0 saturated heterocycles. The topological polar surface area (TPSA) is 34.6 Å². The molecule has 216 valence electrons. The quantitative estimate of drug-likeness (QED) is 0.130. The molecular weight excluding hydrogens is 504 g/mol. The summed E-state index contributed by atoms with van der Waals surface area (Å²) in [7, 11) is 4.13. The molecule has 0 bridgehead atoms. The predicted octanol–water partition coefficient (Wildman–Crippen LogP) is 10.1. The molecule has 0 aliphatic heterocycles. The number of aromatic nitrogens is 1. The van der Waals surface area contributed by atoms with Crippen molar-refractivity contribution in [2.45, 2.75) is 65.2 Å². The fourth-order valence-corrected chi connectivity index (χ4v) is 4.96. The molecule has 0 amide bonds. The van der Waals surface area contributed by atoms with Crippen molar-refractivity contribution in [1.29, 1.82) is 0 Å². The van der Waals surface area contributed by atoms with Gasteiger partial charge in [0.25, 0.3) is 0 Å². The average Bonchev–Trinajstić information content (AvgIpc) is 3.01. The van der Waals surface area contributed by atoms with E-state index in [-0.39, 0.29) is 0 Å². The van der Waals surface area contributed by atoms with Gasteiger partial charge in [-0.2, -0.15) is 0 Å². The SMILES string of the molecule is CCCCCCOc1ccccc1-c1cc(-c2ccc(N(C)C)cc2)cc(-c2ccccc2OCCCCCC)n1. The Morgan fingerprint density at radius 1 is 0.561 bits per heavy atom. The molecule has 41 heavy (non-hydrogen) atoms. The van der Waals surface area contributed by atoms with Gasteiger partial charge in [0.05, 0.1) is 24.6 Å². The number of hydrogen-bond acceptors (Lipinski definition) is 4. The van der Waals surface area contributed by atoms with E-state index in [1.807, 2.05) is 12.1 Å². The molecule has 0 unspecified atom stereocenters. The maximum atomic E-state index is 6.31. The van der Waals surface area contributed by atoms with E-state index in [1.54, 1.807) is 0 Å². The Balaban J connectivity index is 1.73. The molecule has 0 N–H and O–H groups in total. The van der Waals surface area contributed by atoms with Gasteiger partial charge in [-0.1, -0.05) is 88.8 Å². The Bertz CT molecular complexity index is 1270. The maximum Gasteiger partial charge on any atom is 0.128 e. The van der Waals surface area contributed by atoms with Gasteiger partial charge in [-0.05, 0) is 72.5 Å². The first kappa shape index (κ1) is 30.2. The minimum atomic E-state index is 0.713. The van der Waals surface area contributed by atoms with Crippen molar-refractivity contribution >= 4 is 5.69 Å². The molecule has 1 heterocycles. The van der Waals surface area contributed by atoms with Crippen molar-refractivity contribution < 1.29 is 9.47 Å². The van der Waals surface area contributed by atoms with Gasteiger partial charge in [0.1, 0.15) is 11.5 Å². The number of benzene rings is 3. The molecule has 4 aromatic rings. The normalized spacial score (nSPS) is 10.9. The van der Waals surface area contributed by atoms with Crippen LogP contribution in [0.15, 0.2) is 84.9 Å². The zero-order valence-corrected chi connectivity index (χ0v) is 25.4. The third kappa shape index (κ3) is 8.60. The molecule has 0 fully saturated rings. The molecule has 0 saturated carbocycles. The molecule has 3 aromatic carbocycles. The van der Waals surface area contributed by atoms with Crippen molar-refractivity contribution in [2.75, 3.05) is 32.2 Å². The first-order chi connectivity index (χ1) is 20.1. The number of nitrogens with zero attached hydrogens (tertiary/aromatic N) is 2. The molecule has 0 radical (unpaired) electrons. The second-order valence-electron chi connectivity index (χ2n) is 10.9. The van der Waals surface area contributed by atoms with Crippen LogP contribution in [0.3, 0.4) is 0 Å². The molecule has 4 heteroatoms. The summed E-state index contributed by atoms with van der Waals surface area (Å²) in [5.74, 6) is 1.76. The van der Waals surface area contributed by atoms with Crippen LogP contribution in [-0.2, 0) is 0 Å². The Labute approximate surface area is 247 Å². The lowest BCUT2D eigenvalue weighted by Gasteiger charge is -2.16. The number of hydrogen-bond donors (Lipinski definition) is 0. The summed E-state index contributed by atoms with van der Waals surface area (Å²) in [6.45, 7) is 5.89. The van der Waals surface area contributed by atoms with Crippen LogP contribution in [0, 0.1) is 0 Å². The highest BCUT2D eigenvalue weighted by molar-refractivity contribution is 5.80. The lowest BCUT2D eigenvalue weighted by molar-refractivity contribution is 0.306. The lowest BCUT2D eigenvalue weighted by Crippen LogP contribution is -2.07. The summed E-state index contributed by atoms with van der Waals surface area (Å²) in [6, 6.07) is 29.6. The van der Waals surface area contributed by atoms with E-state index >= 15 is 0 Å². The van der Waals surface area contributed by atoms with Gasteiger partial charge in [0, 0.05) is 30.9 Å². The van der Waals surface area contributed by atoms with E-state index in [0.29, 0.717) is 13.2 Å². The zero-order valence-electron chi connectivity index (χ0n) is 25.4. The molecule has 0 atom stereocenters. The number of rotatable bonds is 16. The summed E-state index contributed by atoms with van der Waals surface area (Å²) < 4.78 is 12.6. The van der Waals surface area contributed by atoms with Crippen LogP contribution in [0.2, 0.25) is 0 Å². The largest absolute Gasteiger partial charge is 0.493 e. The number of para-hydroxylation sites is 2. The van der Waals surface area contributed by atoms with E-state index in [1.165, 1.54) is 44.2 Å². The van der Waals surface area contributed by atoms with Gasteiger partial charge < -0.3 is 14.4 Å². The van der Waals surface area contributed by atoms with Gasteiger partial charge in [0.2, 0.25) is 0 Å². The third-order valence-corrected chi connectivity index (χ3v) is 7.38. The zero-order chi connectivity index (χ0) is 28.9. The van der Waals surface area contributed by atoms with Crippen LogP contribution in [0.5, 0.6) is 11.5 Å². The van der Waals surface area contributed by atoms with E-state index < -0.39 is 0 Å². The highest BCUT2D eigenvalue weighted by Gasteiger charge is 2.15. The van der Waals surface area contributed by atoms with E-state index in [0.717, 1.165) is 58.0 Å². The first-order valence-electron chi connectivity index (χ1n) is 15.3. The third-order valence-electron chi connectivity index (χ3n) is 7.38. The van der Waals surface area contributed by atoms with Crippen molar-refractivity contribution in [1.82, 2.24) is 4.98 Å². The van der Waals surface area contributed by atoms with Crippen LogP contribution in [0.1, 0.15) is 65.2 Å². The summed E-state index contributed by atoms with van der Waals surface area (Å²) in [5, 5.41) is 0. The van der Waals surface area contributed by atoms with Crippen LogP contribution in [0.4, 0.5) is 5.69 Å². The number of ether oxygens (including phenoxy) is 2. The number of pyridine rings is 1. The summed E-state index contributed by atoms with van der Waals surface area (Å²) in [4.78, 5) is 7.33. The maximum absolute atomic E-state index is 6.31. The van der Waals surface area contributed by atoms with E-state index in [4.69, 9.17) is 14.5 Å². The Morgan fingerprint density at radius 3 is 1.51 bits per heavy atom. The summed E-state index contributed by atoms with van der Waals surface area (Å²) in [6.07, 6.45) is 9.41. The standard InChI is InChI=1S/C37H46N2O2/c1-5-7-9-15-25-40-36-19-13-11-17-32(36)34-27-30(29-21-23-31(24-22-29)39(3)4)28-35(38-34)33-18-12-14-20-37(33)41-26-16-10-8-6-2/h11-14,17-24,27-28H,5-10,15-16,25-26H2,1-4H3. The summed E-state index contributed by atoms with van der Waals surface area (Å²) >= 11 is 0. The van der Waals surface area contributed by atoms with Gasteiger partial charge in [-0.15, -0.1) is 0 Å². The van der Waals surface area contributed by atoms with E-state index in [2.05, 4.69) is 106 Å². The minimum absolute atomic E-state index is 0.713. The fourth-order valence-electron chi connectivity index (χ4n) is 4.96. The Kier molecular flexibility index (Phi) is 11.7. The monoisotopic (exact) mass is 550 g/mol. The number of anilines is 1. The highest BCUT2D eigenvalue weighted by Crippen LogP contribution is 2.37. The molecule has 4 nitrogen and oxygen atoms in total. The van der Waals surface area contributed by atoms with Crippen molar-refractivity contribution in [3.63, 3.8) is 0 Å². The first-order valence-corrected chi connectivity index (χ1v) is 15.3. The van der Waals surface area contributed by atoms with Gasteiger partial charge in [0.15, 0.2) is 0 Å². The lowest BCUT2D eigenvalue weighted by atomic mass is 9.99. The number of unbranched alkanes of at least 4 members (excludes halogenated alkanes) is 6. The van der Waals surface area contributed by atoms with Crippen LogP contribution in [-0.4, -0.2) is 32.3 Å². The fraction of sp³-hybridized carbons (Fsp3) is 0.378. The van der Waals surface area contributed by atoms with E-state index in [9.17, 15) is 0 Å². The van der Waals surface area contributed by atoms with Crippen LogP contribution in [0.25, 0.3) is 33.6 Å². The minimum Gasteiger partial charge on any atom is -0.493 e. The van der Waals surface area contributed by atoms with Gasteiger partial charge in [-0.3, -0.25) is 0 Å². The highest BCUT2D eigenvalue weighted by atomic mass is 16.5.